The SMILES string of the molecule is C=C(N)[C@H](O)[C@@H](O)C(C)=O. The van der Waals surface area contributed by atoms with E-state index in [2.05, 4.69) is 6.58 Å². The molecule has 0 spiro atoms. The number of ketones is 1. The number of hydrogen-bond acceptors (Lipinski definition) is 4. The van der Waals surface area contributed by atoms with Gasteiger partial charge in [0.05, 0.1) is 0 Å². The van der Waals surface area contributed by atoms with Crippen molar-refractivity contribution < 1.29 is 15.0 Å². The molecule has 0 aromatic rings. The maximum Gasteiger partial charge on any atom is 0.161 e. The zero-order chi connectivity index (χ0) is 8.31. The van der Waals surface area contributed by atoms with Crippen molar-refractivity contribution in [2.24, 2.45) is 5.73 Å². The van der Waals surface area contributed by atoms with Gasteiger partial charge < -0.3 is 15.9 Å². The Kier molecular flexibility index (Phi) is 3.05. The van der Waals surface area contributed by atoms with E-state index in [0.717, 1.165) is 6.92 Å². The van der Waals surface area contributed by atoms with E-state index in [-0.39, 0.29) is 5.70 Å². The van der Waals surface area contributed by atoms with Gasteiger partial charge in [0, 0.05) is 5.70 Å². The van der Waals surface area contributed by atoms with Crippen molar-refractivity contribution in [1.82, 2.24) is 0 Å². The van der Waals surface area contributed by atoms with E-state index in [9.17, 15) is 4.79 Å². The highest BCUT2D eigenvalue weighted by Gasteiger charge is 2.21. The topological polar surface area (TPSA) is 83.6 Å². The molecule has 0 aliphatic rings. The van der Waals surface area contributed by atoms with Crippen molar-refractivity contribution in [2.75, 3.05) is 0 Å². The quantitative estimate of drug-likeness (QED) is 0.464. The van der Waals surface area contributed by atoms with Crippen molar-refractivity contribution in [1.29, 1.82) is 0 Å². The Balaban J connectivity index is 4.07. The first-order valence-electron chi connectivity index (χ1n) is 2.77. The van der Waals surface area contributed by atoms with Crippen LogP contribution in [0.5, 0.6) is 0 Å². The maximum absolute atomic E-state index is 10.4. The number of carbonyl (C=O) groups excluding carboxylic acids is 1. The molecule has 4 nitrogen and oxygen atoms in total. The number of aliphatic hydroxyl groups excluding tert-OH is 2. The normalized spacial score (nSPS) is 15.9. The van der Waals surface area contributed by atoms with E-state index in [1.54, 1.807) is 0 Å². The second kappa shape index (κ2) is 3.34. The van der Waals surface area contributed by atoms with Crippen LogP contribution < -0.4 is 5.73 Å². The monoisotopic (exact) mass is 145 g/mol. The summed E-state index contributed by atoms with van der Waals surface area (Å²) >= 11 is 0. The zero-order valence-corrected chi connectivity index (χ0v) is 5.74. The Morgan fingerprint density at radius 3 is 2.00 bits per heavy atom. The van der Waals surface area contributed by atoms with Gasteiger partial charge in [-0.2, -0.15) is 0 Å². The first-order valence-corrected chi connectivity index (χ1v) is 2.77. The van der Waals surface area contributed by atoms with E-state index < -0.39 is 18.0 Å². The Morgan fingerprint density at radius 1 is 1.50 bits per heavy atom. The van der Waals surface area contributed by atoms with Gasteiger partial charge in [0.25, 0.3) is 0 Å². The molecule has 0 heterocycles. The molecule has 4 N–H and O–H groups in total. The van der Waals surface area contributed by atoms with E-state index in [0.29, 0.717) is 0 Å². The van der Waals surface area contributed by atoms with Crippen molar-refractivity contribution in [3.05, 3.63) is 12.3 Å². The molecule has 0 saturated carbocycles. The Hall–Kier alpha value is -0.870. The van der Waals surface area contributed by atoms with E-state index in [1.807, 2.05) is 0 Å². The smallest absolute Gasteiger partial charge is 0.161 e. The van der Waals surface area contributed by atoms with Crippen LogP contribution in [0.4, 0.5) is 0 Å². The lowest BCUT2D eigenvalue weighted by molar-refractivity contribution is -0.129. The Labute approximate surface area is 59.0 Å². The van der Waals surface area contributed by atoms with Gasteiger partial charge in [-0.15, -0.1) is 0 Å². The molecule has 2 atom stereocenters. The third-order valence-electron chi connectivity index (χ3n) is 1.10. The van der Waals surface area contributed by atoms with Gasteiger partial charge in [-0.1, -0.05) is 6.58 Å². The van der Waals surface area contributed by atoms with Crippen LogP contribution in [-0.2, 0) is 4.79 Å². The number of carbonyl (C=O) groups is 1. The lowest BCUT2D eigenvalue weighted by Gasteiger charge is -2.13. The number of rotatable bonds is 3. The lowest BCUT2D eigenvalue weighted by atomic mass is 10.1. The summed E-state index contributed by atoms with van der Waals surface area (Å²) < 4.78 is 0. The van der Waals surface area contributed by atoms with Gasteiger partial charge in [-0.05, 0) is 6.92 Å². The van der Waals surface area contributed by atoms with Gasteiger partial charge in [0.15, 0.2) is 5.78 Å². The molecule has 0 bridgehead atoms. The first-order chi connectivity index (χ1) is 4.46. The molecule has 0 aliphatic heterocycles. The Morgan fingerprint density at radius 2 is 1.90 bits per heavy atom. The van der Waals surface area contributed by atoms with Crippen LogP contribution in [0.1, 0.15) is 6.92 Å². The predicted molar refractivity (Wildman–Crippen MR) is 36.0 cm³/mol. The van der Waals surface area contributed by atoms with Gasteiger partial charge >= 0.3 is 0 Å². The van der Waals surface area contributed by atoms with Crippen LogP contribution in [0, 0.1) is 0 Å². The minimum atomic E-state index is -1.45. The summed E-state index contributed by atoms with van der Waals surface area (Å²) in [5.41, 5.74) is 4.91. The molecular formula is C6H11NO3. The largest absolute Gasteiger partial charge is 0.400 e. The van der Waals surface area contributed by atoms with Crippen LogP contribution in [0.15, 0.2) is 12.3 Å². The average molecular weight is 145 g/mol. The molecule has 0 radical (unpaired) electrons. The highest BCUT2D eigenvalue weighted by Crippen LogP contribution is 1.99. The minimum absolute atomic E-state index is 0.109. The third-order valence-corrected chi connectivity index (χ3v) is 1.10. The maximum atomic E-state index is 10.4. The fraction of sp³-hybridized carbons (Fsp3) is 0.500. The molecule has 0 aromatic carbocycles. The van der Waals surface area contributed by atoms with Crippen LogP contribution >= 0.6 is 0 Å². The minimum Gasteiger partial charge on any atom is -0.400 e. The fourth-order valence-electron chi connectivity index (χ4n) is 0.425. The number of hydrogen-bond donors (Lipinski definition) is 3. The van der Waals surface area contributed by atoms with E-state index in [1.165, 1.54) is 0 Å². The number of nitrogens with two attached hydrogens (primary N) is 1. The molecule has 0 amide bonds. The molecule has 0 unspecified atom stereocenters. The second-order valence-electron chi connectivity index (χ2n) is 2.08. The highest BCUT2D eigenvalue weighted by molar-refractivity contribution is 5.81. The van der Waals surface area contributed by atoms with Gasteiger partial charge in [-0.25, -0.2) is 0 Å². The average Bonchev–Trinajstić information content (AvgIpc) is 1.84. The van der Waals surface area contributed by atoms with Crippen molar-refractivity contribution in [2.45, 2.75) is 19.1 Å². The van der Waals surface area contributed by atoms with E-state index >= 15 is 0 Å². The van der Waals surface area contributed by atoms with Crippen molar-refractivity contribution >= 4 is 5.78 Å². The summed E-state index contributed by atoms with van der Waals surface area (Å²) in [5, 5.41) is 17.7. The van der Waals surface area contributed by atoms with Crippen LogP contribution in [0.2, 0.25) is 0 Å². The summed E-state index contributed by atoms with van der Waals surface area (Å²) in [7, 11) is 0. The highest BCUT2D eigenvalue weighted by atomic mass is 16.3. The lowest BCUT2D eigenvalue weighted by Crippen LogP contribution is -2.35. The first kappa shape index (κ1) is 9.13. The van der Waals surface area contributed by atoms with Gasteiger partial charge in [0.1, 0.15) is 12.2 Å². The molecule has 0 saturated heterocycles. The standard InChI is InChI=1S/C6H11NO3/c1-3(7)5(9)6(10)4(2)8/h5-6,9-10H,1,7H2,2H3/t5-,6-/m0/s1. The molecule has 0 aromatic heterocycles. The van der Waals surface area contributed by atoms with Crippen LogP contribution in [0.25, 0.3) is 0 Å². The van der Waals surface area contributed by atoms with Gasteiger partial charge in [-0.3, -0.25) is 4.79 Å². The molecule has 4 heteroatoms. The third kappa shape index (κ3) is 2.16. The number of aliphatic hydroxyl groups is 2. The zero-order valence-electron chi connectivity index (χ0n) is 5.74. The van der Waals surface area contributed by atoms with E-state index in [4.69, 9.17) is 15.9 Å². The van der Waals surface area contributed by atoms with Gasteiger partial charge in [0.2, 0.25) is 0 Å². The Bertz CT molecular complexity index is 137. The van der Waals surface area contributed by atoms with Crippen molar-refractivity contribution in [3.8, 4) is 0 Å². The summed E-state index contributed by atoms with van der Waals surface area (Å²) in [4.78, 5) is 10.4. The molecule has 10 heavy (non-hydrogen) atoms. The molecule has 0 fully saturated rings. The summed E-state index contributed by atoms with van der Waals surface area (Å²) in [6.45, 7) is 4.34. The van der Waals surface area contributed by atoms with Crippen LogP contribution in [-0.4, -0.2) is 28.2 Å². The summed E-state index contributed by atoms with van der Waals surface area (Å²) in [6.07, 6.45) is -2.80. The van der Waals surface area contributed by atoms with Crippen LogP contribution in [0.3, 0.4) is 0 Å². The number of Topliss-reactive ketones (excluding diaryl/α,β-unsaturated/α-hetero) is 1. The molecule has 58 valence electrons. The molecular weight excluding hydrogens is 134 g/mol. The fourth-order valence-corrected chi connectivity index (χ4v) is 0.425. The van der Waals surface area contributed by atoms with Crippen molar-refractivity contribution in [3.63, 3.8) is 0 Å². The molecule has 0 aliphatic carbocycles. The second-order valence-corrected chi connectivity index (χ2v) is 2.08. The summed E-state index contributed by atoms with van der Waals surface area (Å²) in [5.74, 6) is -0.529. The predicted octanol–water partition coefficient (Wildman–Crippen LogP) is -1.23. The molecule has 0 rings (SSSR count). The summed E-state index contributed by atoms with van der Waals surface area (Å²) in [6, 6.07) is 0.